The number of carbonyl (C=O) groups is 1. The predicted octanol–water partition coefficient (Wildman–Crippen LogP) is 3.80. The molecule has 1 aromatic heterocycles. The maximum atomic E-state index is 12.6. The Morgan fingerprint density at radius 2 is 1.92 bits per heavy atom. The molecule has 2 amide bonds. The van der Waals surface area contributed by atoms with Crippen molar-refractivity contribution in [1.82, 2.24) is 14.9 Å². The van der Waals surface area contributed by atoms with E-state index in [9.17, 15) is 4.79 Å². The zero-order chi connectivity index (χ0) is 18.7. The molecule has 0 atom stereocenters. The van der Waals surface area contributed by atoms with Crippen LogP contribution in [-0.4, -0.2) is 47.1 Å². The normalized spacial score (nSPS) is 14.9. The van der Waals surface area contributed by atoms with Crippen LogP contribution in [0.15, 0.2) is 24.3 Å². The summed E-state index contributed by atoms with van der Waals surface area (Å²) in [6.45, 7) is 8.96. The number of carbonyl (C=O) groups excluding carboxylic acids is 1. The molecular formula is C19H24ClN5O. The molecule has 1 saturated heterocycles. The van der Waals surface area contributed by atoms with Gasteiger partial charge in [-0.05, 0) is 45.4 Å². The van der Waals surface area contributed by atoms with Gasteiger partial charge in [-0.15, -0.1) is 0 Å². The SMILES string of the molecule is Cc1nc(C)c(C)c(N2CCCN(C(=O)Nc3cccc(Cl)c3)CC2)n1. The van der Waals surface area contributed by atoms with Crippen LogP contribution in [0.25, 0.3) is 0 Å². The maximum absolute atomic E-state index is 12.6. The molecule has 0 spiro atoms. The minimum Gasteiger partial charge on any atom is -0.354 e. The van der Waals surface area contributed by atoms with E-state index in [1.807, 2.05) is 30.9 Å². The highest BCUT2D eigenvalue weighted by atomic mass is 35.5. The summed E-state index contributed by atoms with van der Waals surface area (Å²) in [7, 11) is 0. The van der Waals surface area contributed by atoms with Crippen LogP contribution < -0.4 is 10.2 Å². The van der Waals surface area contributed by atoms with Gasteiger partial charge in [-0.25, -0.2) is 14.8 Å². The number of amides is 2. The van der Waals surface area contributed by atoms with E-state index in [1.54, 1.807) is 12.1 Å². The lowest BCUT2D eigenvalue weighted by molar-refractivity contribution is 0.215. The number of urea groups is 1. The molecule has 138 valence electrons. The fraction of sp³-hybridized carbons (Fsp3) is 0.421. The lowest BCUT2D eigenvalue weighted by Crippen LogP contribution is -2.38. The first-order valence-corrected chi connectivity index (χ1v) is 9.20. The number of nitrogens with one attached hydrogen (secondary N) is 1. The van der Waals surface area contributed by atoms with Gasteiger partial charge in [-0.2, -0.15) is 0 Å². The highest BCUT2D eigenvalue weighted by Crippen LogP contribution is 2.21. The molecule has 3 rings (SSSR count). The second kappa shape index (κ2) is 7.91. The van der Waals surface area contributed by atoms with Crippen LogP contribution in [0.3, 0.4) is 0 Å². The van der Waals surface area contributed by atoms with Gasteiger partial charge >= 0.3 is 6.03 Å². The molecule has 26 heavy (non-hydrogen) atoms. The third-order valence-electron chi connectivity index (χ3n) is 4.63. The van der Waals surface area contributed by atoms with Crippen LogP contribution in [0.5, 0.6) is 0 Å². The van der Waals surface area contributed by atoms with Gasteiger partial charge in [-0.1, -0.05) is 17.7 Å². The van der Waals surface area contributed by atoms with E-state index in [4.69, 9.17) is 11.6 Å². The Morgan fingerprint density at radius 3 is 2.69 bits per heavy atom. The molecule has 1 aliphatic heterocycles. The molecule has 1 aromatic carbocycles. The zero-order valence-corrected chi connectivity index (χ0v) is 16.2. The van der Waals surface area contributed by atoms with E-state index in [0.29, 0.717) is 23.8 Å². The van der Waals surface area contributed by atoms with Crippen LogP contribution in [0.2, 0.25) is 5.02 Å². The molecule has 0 bridgehead atoms. The number of rotatable bonds is 2. The number of nitrogens with zero attached hydrogens (tertiary/aromatic N) is 4. The van der Waals surface area contributed by atoms with E-state index >= 15 is 0 Å². The molecule has 6 nitrogen and oxygen atoms in total. The molecule has 0 aliphatic carbocycles. The van der Waals surface area contributed by atoms with Crippen molar-refractivity contribution in [2.24, 2.45) is 0 Å². The summed E-state index contributed by atoms with van der Waals surface area (Å²) in [4.78, 5) is 25.7. The lowest BCUT2D eigenvalue weighted by atomic mass is 10.2. The minimum atomic E-state index is -0.0964. The van der Waals surface area contributed by atoms with Crippen molar-refractivity contribution in [1.29, 1.82) is 0 Å². The standard InChI is InChI=1S/C19H24ClN5O/c1-13-14(2)21-15(3)22-18(13)24-8-5-9-25(11-10-24)19(26)23-17-7-4-6-16(20)12-17/h4,6-7,12H,5,8-11H2,1-3H3,(H,23,26). The first-order chi connectivity index (χ1) is 12.4. The fourth-order valence-corrected chi connectivity index (χ4v) is 3.35. The number of aryl methyl sites for hydroxylation is 2. The van der Waals surface area contributed by atoms with Crippen LogP contribution >= 0.6 is 11.6 Å². The third-order valence-corrected chi connectivity index (χ3v) is 4.87. The average Bonchev–Trinajstić information content (AvgIpc) is 2.84. The molecule has 2 aromatic rings. The average molecular weight is 374 g/mol. The topological polar surface area (TPSA) is 61.4 Å². The Bertz CT molecular complexity index is 811. The summed E-state index contributed by atoms with van der Waals surface area (Å²) in [5, 5.41) is 3.53. The minimum absolute atomic E-state index is 0.0964. The van der Waals surface area contributed by atoms with Crippen molar-refractivity contribution in [2.75, 3.05) is 36.4 Å². The van der Waals surface area contributed by atoms with E-state index < -0.39 is 0 Å². The summed E-state index contributed by atoms with van der Waals surface area (Å²) in [5.41, 5.74) is 2.82. The summed E-state index contributed by atoms with van der Waals surface area (Å²) >= 11 is 5.98. The summed E-state index contributed by atoms with van der Waals surface area (Å²) in [5.74, 6) is 1.76. The molecular weight excluding hydrogens is 350 g/mol. The van der Waals surface area contributed by atoms with Crippen molar-refractivity contribution in [3.8, 4) is 0 Å². The number of halogens is 1. The molecule has 1 N–H and O–H groups in total. The first-order valence-electron chi connectivity index (χ1n) is 8.82. The third kappa shape index (κ3) is 4.25. The maximum Gasteiger partial charge on any atom is 0.321 e. The summed E-state index contributed by atoms with van der Waals surface area (Å²) in [6.07, 6.45) is 0.893. The van der Waals surface area contributed by atoms with Gasteiger partial charge in [-0.3, -0.25) is 0 Å². The van der Waals surface area contributed by atoms with E-state index in [0.717, 1.165) is 42.4 Å². The van der Waals surface area contributed by atoms with E-state index in [-0.39, 0.29) is 6.03 Å². The van der Waals surface area contributed by atoms with Gasteiger partial charge < -0.3 is 15.1 Å². The van der Waals surface area contributed by atoms with Crippen LogP contribution in [-0.2, 0) is 0 Å². The monoisotopic (exact) mass is 373 g/mol. The Morgan fingerprint density at radius 1 is 1.12 bits per heavy atom. The molecule has 0 saturated carbocycles. The highest BCUT2D eigenvalue weighted by Gasteiger charge is 2.21. The van der Waals surface area contributed by atoms with Gasteiger partial charge in [0.15, 0.2) is 0 Å². The first kappa shape index (κ1) is 18.5. The molecule has 1 aliphatic rings. The van der Waals surface area contributed by atoms with Gasteiger partial charge in [0.1, 0.15) is 11.6 Å². The molecule has 0 radical (unpaired) electrons. The Hall–Kier alpha value is -2.34. The van der Waals surface area contributed by atoms with Crippen LogP contribution in [0.4, 0.5) is 16.3 Å². The van der Waals surface area contributed by atoms with Crippen molar-refractivity contribution in [2.45, 2.75) is 27.2 Å². The molecule has 2 heterocycles. The quantitative estimate of drug-likeness (QED) is 0.869. The van der Waals surface area contributed by atoms with Crippen molar-refractivity contribution >= 4 is 29.1 Å². The number of hydrogen-bond acceptors (Lipinski definition) is 4. The molecule has 0 unspecified atom stereocenters. The highest BCUT2D eigenvalue weighted by molar-refractivity contribution is 6.30. The largest absolute Gasteiger partial charge is 0.354 e. The number of aromatic nitrogens is 2. The predicted molar refractivity (Wildman–Crippen MR) is 105 cm³/mol. The van der Waals surface area contributed by atoms with Crippen LogP contribution in [0, 0.1) is 20.8 Å². The fourth-order valence-electron chi connectivity index (χ4n) is 3.16. The van der Waals surface area contributed by atoms with Crippen molar-refractivity contribution < 1.29 is 4.79 Å². The van der Waals surface area contributed by atoms with Gasteiger partial charge in [0.25, 0.3) is 0 Å². The molecule has 7 heteroatoms. The Kier molecular flexibility index (Phi) is 5.61. The molecule has 1 fully saturated rings. The number of anilines is 2. The Balaban J connectivity index is 1.67. The van der Waals surface area contributed by atoms with Gasteiger partial charge in [0.05, 0.1) is 0 Å². The lowest BCUT2D eigenvalue weighted by Gasteiger charge is -2.25. The number of hydrogen-bond donors (Lipinski definition) is 1. The van der Waals surface area contributed by atoms with Crippen molar-refractivity contribution in [3.05, 3.63) is 46.4 Å². The summed E-state index contributed by atoms with van der Waals surface area (Å²) in [6, 6.07) is 7.10. The van der Waals surface area contributed by atoms with E-state index in [1.165, 1.54) is 0 Å². The Labute approximate surface area is 159 Å². The zero-order valence-electron chi connectivity index (χ0n) is 15.4. The van der Waals surface area contributed by atoms with Crippen molar-refractivity contribution in [3.63, 3.8) is 0 Å². The second-order valence-corrected chi connectivity index (χ2v) is 7.01. The van der Waals surface area contributed by atoms with Gasteiger partial charge in [0, 0.05) is 48.1 Å². The van der Waals surface area contributed by atoms with E-state index in [2.05, 4.69) is 27.1 Å². The smallest absolute Gasteiger partial charge is 0.321 e. The van der Waals surface area contributed by atoms with Gasteiger partial charge in [0.2, 0.25) is 0 Å². The summed E-state index contributed by atoms with van der Waals surface area (Å²) < 4.78 is 0. The van der Waals surface area contributed by atoms with Crippen LogP contribution in [0.1, 0.15) is 23.5 Å². The number of benzene rings is 1. The second-order valence-electron chi connectivity index (χ2n) is 6.57.